The number of para-hydroxylation sites is 1. The fourth-order valence-electron chi connectivity index (χ4n) is 4.45. The van der Waals surface area contributed by atoms with E-state index in [1.165, 1.54) is 0 Å². The van der Waals surface area contributed by atoms with Gasteiger partial charge in [-0.05, 0) is 26.1 Å². The average molecular weight is 390 g/mol. The average Bonchev–Trinajstić information content (AvgIpc) is 3.37. The Hall–Kier alpha value is -2.80. The first-order valence-electron chi connectivity index (χ1n) is 10.4. The van der Waals surface area contributed by atoms with Gasteiger partial charge in [-0.25, -0.2) is 9.97 Å². The van der Waals surface area contributed by atoms with E-state index >= 15 is 0 Å². The number of rotatable bonds is 4. The van der Waals surface area contributed by atoms with Crippen LogP contribution in [0.2, 0.25) is 0 Å². The standard InChI is InChI=1S/C22H26N6O/c1-26-9-6-17(14-26)22-23-12-18-15-27(10-7-19(18)25-22)21(29)8-11-28-20-5-3-2-4-16(20)13-24-28/h2-5,12-13,17H,6-11,14-15H2,1H3. The van der Waals surface area contributed by atoms with Crippen molar-refractivity contribution in [2.45, 2.75) is 38.3 Å². The van der Waals surface area contributed by atoms with E-state index in [1.54, 1.807) is 0 Å². The molecule has 2 aliphatic heterocycles. The van der Waals surface area contributed by atoms with Crippen LogP contribution < -0.4 is 0 Å². The van der Waals surface area contributed by atoms with Gasteiger partial charge in [0.1, 0.15) is 5.82 Å². The smallest absolute Gasteiger partial charge is 0.224 e. The van der Waals surface area contributed by atoms with Crippen LogP contribution in [-0.2, 0) is 24.3 Å². The van der Waals surface area contributed by atoms with E-state index in [-0.39, 0.29) is 5.91 Å². The molecule has 0 aliphatic carbocycles. The molecular weight excluding hydrogens is 364 g/mol. The second kappa shape index (κ2) is 7.55. The van der Waals surface area contributed by atoms with Crippen molar-refractivity contribution >= 4 is 16.8 Å². The number of fused-ring (bicyclic) bond motifs is 2. The molecular formula is C22H26N6O. The van der Waals surface area contributed by atoms with E-state index in [2.05, 4.69) is 22.0 Å². The van der Waals surface area contributed by atoms with Crippen LogP contribution in [0.3, 0.4) is 0 Å². The van der Waals surface area contributed by atoms with Crippen molar-refractivity contribution in [3.05, 3.63) is 53.7 Å². The lowest BCUT2D eigenvalue weighted by molar-refractivity contribution is -0.132. The number of aryl methyl sites for hydroxylation is 1. The van der Waals surface area contributed by atoms with Crippen LogP contribution in [0.4, 0.5) is 0 Å². The number of carbonyl (C=O) groups is 1. The summed E-state index contributed by atoms with van der Waals surface area (Å²) in [5, 5.41) is 5.53. The highest BCUT2D eigenvalue weighted by molar-refractivity contribution is 5.79. The maximum absolute atomic E-state index is 12.8. The molecule has 4 heterocycles. The van der Waals surface area contributed by atoms with Crippen LogP contribution >= 0.6 is 0 Å². The summed E-state index contributed by atoms with van der Waals surface area (Å²) < 4.78 is 1.92. The quantitative estimate of drug-likeness (QED) is 0.683. The fraction of sp³-hybridized carbons (Fsp3) is 0.455. The Balaban J connectivity index is 1.23. The van der Waals surface area contributed by atoms with Gasteiger partial charge in [0.05, 0.1) is 24.0 Å². The summed E-state index contributed by atoms with van der Waals surface area (Å²) >= 11 is 0. The van der Waals surface area contributed by atoms with Gasteiger partial charge in [0.15, 0.2) is 0 Å². The molecule has 29 heavy (non-hydrogen) atoms. The van der Waals surface area contributed by atoms with E-state index in [4.69, 9.17) is 4.98 Å². The number of likely N-dealkylation sites (N-methyl/N-ethyl adjacent to an activating group) is 1. The molecule has 1 fully saturated rings. The number of hydrogen-bond donors (Lipinski definition) is 0. The SMILES string of the molecule is CN1CCC(c2ncc3c(n2)CCN(C(=O)CCn2ncc4ccccc42)C3)C1. The second-order valence-electron chi connectivity index (χ2n) is 8.19. The number of nitrogens with zero attached hydrogens (tertiary/aromatic N) is 6. The third kappa shape index (κ3) is 3.62. The number of carbonyl (C=O) groups excluding carboxylic acids is 1. The number of benzene rings is 1. The minimum absolute atomic E-state index is 0.164. The lowest BCUT2D eigenvalue weighted by atomic mass is 10.0. The zero-order chi connectivity index (χ0) is 19.8. The van der Waals surface area contributed by atoms with E-state index in [1.807, 2.05) is 46.2 Å². The topological polar surface area (TPSA) is 67.2 Å². The molecule has 0 N–H and O–H groups in total. The van der Waals surface area contributed by atoms with Gasteiger partial charge in [0, 0.05) is 55.5 Å². The summed E-state index contributed by atoms with van der Waals surface area (Å²) in [5.41, 5.74) is 3.28. The molecule has 1 aromatic carbocycles. The molecule has 1 saturated heterocycles. The van der Waals surface area contributed by atoms with Crippen molar-refractivity contribution in [3.63, 3.8) is 0 Å². The van der Waals surface area contributed by atoms with Crippen LogP contribution in [-0.4, -0.2) is 62.1 Å². The maximum atomic E-state index is 12.8. The molecule has 0 spiro atoms. The third-order valence-electron chi connectivity index (χ3n) is 6.15. The summed E-state index contributed by atoms with van der Waals surface area (Å²) in [4.78, 5) is 26.5. The molecule has 150 valence electrons. The zero-order valence-corrected chi connectivity index (χ0v) is 16.8. The molecule has 7 nitrogen and oxygen atoms in total. The van der Waals surface area contributed by atoms with Gasteiger partial charge in [-0.2, -0.15) is 5.10 Å². The fourth-order valence-corrected chi connectivity index (χ4v) is 4.45. The van der Waals surface area contributed by atoms with Crippen molar-refractivity contribution in [1.29, 1.82) is 0 Å². The number of aromatic nitrogens is 4. The Morgan fingerprint density at radius 3 is 2.97 bits per heavy atom. The predicted molar refractivity (Wildman–Crippen MR) is 110 cm³/mol. The highest BCUT2D eigenvalue weighted by Gasteiger charge is 2.27. The van der Waals surface area contributed by atoms with Gasteiger partial charge in [-0.3, -0.25) is 9.48 Å². The molecule has 1 atom stereocenters. The maximum Gasteiger partial charge on any atom is 0.224 e. The first kappa shape index (κ1) is 18.2. The molecule has 2 aliphatic rings. The summed E-state index contributed by atoms with van der Waals surface area (Å²) in [6.45, 7) is 4.08. The number of hydrogen-bond acceptors (Lipinski definition) is 5. The van der Waals surface area contributed by atoms with Crippen molar-refractivity contribution in [3.8, 4) is 0 Å². The van der Waals surface area contributed by atoms with Crippen LogP contribution in [0.1, 0.15) is 35.8 Å². The van der Waals surface area contributed by atoms with E-state index in [9.17, 15) is 4.79 Å². The summed E-state index contributed by atoms with van der Waals surface area (Å²) in [5.74, 6) is 1.57. The van der Waals surface area contributed by atoms with Gasteiger partial charge in [0.2, 0.25) is 5.91 Å². The summed E-state index contributed by atoms with van der Waals surface area (Å²) in [7, 11) is 2.15. The Labute approximate surface area is 170 Å². The van der Waals surface area contributed by atoms with Crippen molar-refractivity contribution in [1.82, 2.24) is 29.5 Å². The van der Waals surface area contributed by atoms with Gasteiger partial charge < -0.3 is 9.80 Å². The molecule has 1 unspecified atom stereocenters. The van der Waals surface area contributed by atoms with Crippen molar-refractivity contribution < 1.29 is 4.79 Å². The second-order valence-corrected chi connectivity index (χ2v) is 8.19. The molecule has 2 aromatic heterocycles. The Kier molecular flexibility index (Phi) is 4.75. The van der Waals surface area contributed by atoms with Crippen LogP contribution in [0, 0.1) is 0 Å². The third-order valence-corrected chi connectivity index (χ3v) is 6.15. The van der Waals surface area contributed by atoms with Crippen molar-refractivity contribution in [2.75, 3.05) is 26.7 Å². The highest BCUT2D eigenvalue weighted by Crippen LogP contribution is 2.25. The lowest BCUT2D eigenvalue weighted by Gasteiger charge is -2.28. The van der Waals surface area contributed by atoms with Crippen LogP contribution in [0.15, 0.2) is 36.7 Å². The molecule has 3 aromatic rings. The van der Waals surface area contributed by atoms with E-state index in [0.717, 1.165) is 60.5 Å². The zero-order valence-electron chi connectivity index (χ0n) is 16.8. The highest BCUT2D eigenvalue weighted by atomic mass is 16.2. The number of likely N-dealkylation sites (tertiary alicyclic amines) is 1. The van der Waals surface area contributed by atoms with Crippen LogP contribution in [0.25, 0.3) is 10.9 Å². The molecule has 1 amide bonds. The van der Waals surface area contributed by atoms with E-state index in [0.29, 0.717) is 25.4 Å². The normalized spacial score (nSPS) is 19.6. The largest absolute Gasteiger partial charge is 0.338 e. The van der Waals surface area contributed by atoms with Gasteiger partial charge in [-0.1, -0.05) is 18.2 Å². The molecule has 5 rings (SSSR count). The summed E-state index contributed by atoms with van der Waals surface area (Å²) in [6, 6.07) is 8.09. The minimum atomic E-state index is 0.164. The van der Waals surface area contributed by atoms with Gasteiger partial charge in [-0.15, -0.1) is 0 Å². The molecule has 0 radical (unpaired) electrons. The van der Waals surface area contributed by atoms with Crippen LogP contribution in [0.5, 0.6) is 0 Å². The van der Waals surface area contributed by atoms with Gasteiger partial charge in [0.25, 0.3) is 0 Å². The number of amides is 1. The first-order chi connectivity index (χ1) is 14.2. The Morgan fingerprint density at radius 1 is 1.21 bits per heavy atom. The van der Waals surface area contributed by atoms with Crippen molar-refractivity contribution in [2.24, 2.45) is 0 Å². The molecule has 7 heteroatoms. The van der Waals surface area contributed by atoms with Gasteiger partial charge >= 0.3 is 0 Å². The molecule has 0 bridgehead atoms. The Bertz CT molecular complexity index is 1040. The first-order valence-corrected chi connectivity index (χ1v) is 10.4. The monoisotopic (exact) mass is 390 g/mol. The lowest BCUT2D eigenvalue weighted by Crippen LogP contribution is -2.37. The Morgan fingerprint density at radius 2 is 2.10 bits per heavy atom. The summed E-state index contributed by atoms with van der Waals surface area (Å²) in [6.07, 6.45) is 6.19. The predicted octanol–water partition coefficient (Wildman–Crippen LogP) is 2.22. The van der Waals surface area contributed by atoms with E-state index < -0.39 is 0 Å². The minimum Gasteiger partial charge on any atom is -0.338 e. The molecule has 0 saturated carbocycles.